The molecule has 1 aliphatic heterocycles. The molecule has 0 aliphatic carbocycles. The van der Waals surface area contributed by atoms with Crippen LogP contribution in [0.4, 0.5) is 5.69 Å². The number of anilines is 1. The van der Waals surface area contributed by atoms with Gasteiger partial charge in [0.1, 0.15) is 6.42 Å². The van der Waals surface area contributed by atoms with Gasteiger partial charge in [-0.05, 0) is 32.4 Å². The standard InChI is InChI=1S/C17H24N2O4S/c1-3-18(14-8-6-5-7-9-14)16(20)12-17(21)19(4-2)15-10-11-24(22,23)13-15/h5-9,15H,3-4,10-13H2,1-2H3. The Morgan fingerprint density at radius 3 is 2.25 bits per heavy atom. The smallest absolute Gasteiger partial charge is 0.236 e. The molecule has 1 aromatic carbocycles. The number of carbonyl (C=O) groups is 2. The van der Waals surface area contributed by atoms with Crippen LogP contribution in [-0.4, -0.2) is 55.8 Å². The second-order valence-corrected chi connectivity index (χ2v) is 8.12. The molecular weight excluding hydrogens is 328 g/mol. The maximum atomic E-state index is 12.5. The molecule has 0 N–H and O–H groups in total. The van der Waals surface area contributed by atoms with E-state index in [9.17, 15) is 18.0 Å². The van der Waals surface area contributed by atoms with Gasteiger partial charge in [0.15, 0.2) is 9.84 Å². The number of sulfone groups is 1. The van der Waals surface area contributed by atoms with Crippen LogP contribution in [0.3, 0.4) is 0 Å². The molecule has 1 aromatic rings. The van der Waals surface area contributed by atoms with Gasteiger partial charge in [0, 0.05) is 24.8 Å². The molecule has 0 radical (unpaired) electrons. The van der Waals surface area contributed by atoms with Crippen LogP contribution in [0.25, 0.3) is 0 Å². The lowest BCUT2D eigenvalue weighted by molar-refractivity contribution is -0.136. The van der Waals surface area contributed by atoms with Crippen molar-refractivity contribution >= 4 is 27.3 Å². The van der Waals surface area contributed by atoms with Gasteiger partial charge >= 0.3 is 0 Å². The highest BCUT2D eigenvalue weighted by atomic mass is 32.2. The Morgan fingerprint density at radius 1 is 1.08 bits per heavy atom. The van der Waals surface area contributed by atoms with E-state index < -0.39 is 9.84 Å². The second-order valence-electron chi connectivity index (χ2n) is 5.89. The molecule has 0 bridgehead atoms. The van der Waals surface area contributed by atoms with E-state index in [4.69, 9.17) is 0 Å². The molecule has 24 heavy (non-hydrogen) atoms. The van der Waals surface area contributed by atoms with E-state index in [-0.39, 0.29) is 35.8 Å². The highest BCUT2D eigenvalue weighted by Crippen LogP contribution is 2.20. The summed E-state index contributed by atoms with van der Waals surface area (Å²) in [5.74, 6) is -0.468. The maximum absolute atomic E-state index is 12.5. The Bertz CT molecular complexity index is 688. The number of hydrogen-bond acceptors (Lipinski definition) is 4. The van der Waals surface area contributed by atoms with Crippen molar-refractivity contribution in [3.8, 4) is 0 Å². The average Bonchev–Trinajstić information content (AvgIpc) is 2.89. The summed E-state index contributed by atoms with van der Waals surface area (Å²) in [6.45, 7) is 4.54. The van der Waals surface area contributed by atoms with Crippen LogP contribution >= 0.6 is 0 Å². The van der Waals surface area contributed by atoms with Crippen molar-refractivity contribution in [2.24, 2.45) is 0 Å². The third-order valence-electron chi connectivity index (χ3n) is 4.30. The number of para-hydroxylation sites is 1. The van der Waals surface area contributed by atoms with Crippen LogP contribution in [0, 0.1) is 0 Å². The van der Waals surface area contributed by atoms with Crippen LogP contribution in [-0.2, 0) is 19.4 Å². The number of benzene rings is 1. The van der Waals surface area contributed by atoms with E-state index in [2.05, 4.69) is 0 Å². The van der Waals surface area contributed by atoms with Gasteiger partial charge in [0.05, 0.1) is 11.5 Å². The monoisotopic (exact) mass is 352 g/mol. The fraction of sp³-hybridized carbons (Fsp3) is 0.529. The summed E-state index contributed by atoms with van der Waals surface area (Å²) in [7, 11) is -3.07. The van der Waals surface area contributed by atoms with Crippen molar-refractivity contribution in [2.45, 2.75) is 32.7 Å². The Morgan fingerprint density at radius 2 is 1.75 bits per heavy atom. The molecule has 1 aliphatic rings. The zero-order valence-electron chi connectivity index (χ0n) is 14.1. The van der Waals surface area contributed by atoms with Crippen molar-refractivity contribution < 1.29 is 18.0 Å². The minimum atomic E-state index is -3.07. The summed E-state index contributed by atoms with van der Waals surface area (Å²) < 4.78 is 23.3. The van der Waals surface area contributed by atoms with E-state index in [1.165, 1.54) is 4.90 Å². The van der Waals surface area contributed by atoms with Crippen molar-refractivity contribution in [1.29, 1.82) is 0 Å². The average molecular weight is 352 g/mol. The van der Waals surface area contributed by atoms with E-state index in [1.807, 2.05) is 44.2 Å². The Hall–Kier alpha value is -1.89. The first kappa shape index (κ1) is 18.4. The van der Waals surface area contributed by atoms with Gasteiger partial charge in [-0.25, -0.2) is 8.42 Å². The lowest BCUT2D eigenvalue weighted by Gasteiger charge is -2.28. The predicted octanol–water partition coefficient (Wildman–Crippen LogP) is 1.47. The van der Waals surface area contributed by atoms with Gasteiger partial charge in [-0.3, -0.25) is 9.59 Å². The Balaban J connectivity index is 2.05. The molecule has 1 unspecified atom stereocenters. The van der Waals surface area contributed by atoms with Crippen LogP contribution in [0.15, 0.2) is 30.3 Å². The number of hydrogen-bond donors (Lipinski definition) is 0. The third-order valence-corrected chi connectivity index (χ3v) is 6.05. The van der Waals surface area contributed by atoms with Gasteiger partial charge in [-0.1, -0.05) is 18.2 Å². The SMILES string of the molecule is CCN(C(=O)CC(=O)N(CC)C1CCS(=O)(=O)C1)c1ccccc1. The molecule has 0 saturated carbocycles. The summed E-state index contributed by atoms with van der Waals surface area (Å²) >= 11 is 0. The van der Waals surface area contributed by atoms with E-state index in [0.717, 1.165) is 5.69 Å². The van der Waals surface area contributed by atoms with Crippen molar-refractivity contribution in [3.05, 3.63) is 30.3 Å². The van der Waals surface area contributed by atoms with E-state index in [1.54, 1.807) is 4.90 Å². The molecule has 1 fully saturated rings. The molecule has 2 amide bonds. The van der Waals surface area contributed by atoms with Gasteiger partial charge in [-0.15, -0.1) is 0 Å². The fourth-order valence-corrected chi connectivity index (χ4v) is 4.83. The summed E-state index contributed by atoms with van der Waals surface area (Å²) in [5, 5.41) is 0. The highest BCUT2D eigenvalue weighted by molar-refractivity contribution is 7.91. The minimum absolute atomic E-state index is 0.00303. The van der Waals surface area contributed by atoms with Gasteiger partial charge in [0.2, 0.25) is 11.8 Å². The van der Waals surface area contributed by atoms with E-state index >= 15 is 0 Å². The first-order valence-electron chi connectivity index (χ1n) is 8.23. The Labute approximate surface area is 143 Å². The number of carbonyl (C=O) groups excluding carboxylic acids is 2. The number of rotatable bonds is 6. The molecule has 0 spiro atoms. The summed E-state index contributed by atoms with van der Waals surface area (Å²) in [6.07, 6.45) is 0.208. The second kappa shape index (κ2) is 7.79. The van der Waals surface area contributed by atoms with Crippen molar-refractivity contribution in [2.75, 3.05) is 29.5 Å². The van der Waals surface area contributed by atoms with Gasteiger partial charge in [0.25, 0.3) is 0 Å². The molecule has 6 nitrogen and oxygen atoms in total. The molecule has 132 valence electrons. The Kier molecular flexibility index (Phi) is 5.99. The zero-order chi connectivity index (χ0) is 17.7. The molecule has 1 atom stereocenters. The topological polar surface area (TPSA) is 74.8 Å². The summed E-state index contributed by atoms with van der Waals surface area (Å²) in [4.78, 5) is 28.1. The van der Waals surface area contributed by atoms with Crippen LogP contribution in [0.5, 0.6) is 0 Å². The van der Waals surface area contributed by atoms with E-state index in [0.29, 0.717) is 19.5 Å². The quantitative estimate of drug-likeness (QED) is 0.727. The lowest BCUT2D eigenvalue weighted by atomic mass is 10.2. The van der Waals surface area contributed by atoms with Crippen LogP contribution < -0.4 is 4.90 Å². The minimum Gasteiger partial charge on any atom is -0.338 e. The zero-order valence-corrected chi connectivity index (χ0v) is 15.0. The third kappa shape index (κ3) is 4.35. The summed E-state index contributed by atoms with van der Waals surface area (Å²) in [6, 6.07) is 8.89. The molecule has 7 heteroatoms. The van der Waals surface area contributed by atoms with Crippen molar-refractivity contribution in [1.82, 2.24) is 4.90 Å². The molecule has 2 rings (SSSR count). The van der Waals surface area contributed by atoms with Crippen LogP contribution in [0.2, 0.25) is 0 Å². The highest BCUT2D eigenvalue weighted by Gasteiger charge is 2.34. The molecule has 1 heterocycles. The van der Waals surface area contributed by atoms with Crippen LogP contribution in [0.1, 0.15) is 26.7 Å². The lowest BCUT2D eigenvalue weighted by Crippen LogP contribution is -2.43. The predicted molar refractivity (Wildman–Crippen MR) is 93.5 cm³/mol. The van der Waals surface area contributed by atoms with Gasteiger partial charge in [-0.2, -0.15) is 0 Å². The number of amides is 2. The molecular formula is C17H24N2O4S. The molecule has 1 saturated heterocycles. The number of nitrogens with zero attached hydrogens (tertiary/aromatic N) is 2. The van der Waals surface area contributed by atoms with Crippen molar-refractivity contribution in [3.63, 3.8) is 0 Å². The first-order chi connectivity index (χ1) is 11.4. The normalized spacial score (nSPS) is 19.0. The first-order valence-corrected chi connectivity index (χ1v) is 10.1. The largest absolute Gasteiger partial charge is 0.338 e. The van der Waals surface area contributed by atoms with Gasteiger partial charge < -0.3 is 9.80 Å². The maximum Gasteiger partial charge on any atom is 0.236 e. The fourth-order valence-electron chi connectivity index (χ4n) is 3.10. The summed E-state index contributed by atoms with van der Waals surface area (Å²) in [5.41, 5.74) is 0.754. The molecule has 0 aromatic heterocycles.